The minimum absolute atomic E-state index is 0.158. The molecule has 3 heterocycles. The largest absolute Gasteiger partial charge is 0.362 e. The Morgan fingerprint density at radius 2 is 2.09 bits per heavy atom. The van der Waals surface area contributed by atoms with E-state index in [9.17, 15) is 18.5 Å². The Balaban J connectivity index is 1.69. The highest BCUT2D eigenvalue weighted by molar-refractivity contribution is 7.80. The highest BCUT2D eigenvalue weighted by atomic mass is 32.1. The molecule has 0 aromatic rings. The lowest BCUT2D eigenvalue weighted by molar-refractivity contribution is -0.134. The molecule has 0 aromatic carbocycles. The molecule has 15 nitrogen and oxygen atoms in total. The van der Waals surface area contributed by atoms with Crippen LogP contribution in [0.3, 0.4) is 0 Å². The van der Waals surface area contributed by atoms with E-state index in [4.69, 9.17) is 30.4 Å². The summed E-state index contributed by atoms with van der Waals surface area (Å²) in [7, 11) is -10.3. The van der Waals surface area contributed by atoms with Crippen molar-refractivity contribution in [1.82, 2.24) is 15.5 Å². The van der Waals surface area contributed by atoms with Crippen LogP contribution in [-0.4, -0.2) is 71.7 Å². The summed E-state index contributed by atoms with van der Waals surface area (Å²) in [5.74, 6) is 4.82. The van der Waals surface area contributed by atoms with Gasteiger partial charge in [0.2, 0.25) is 5.91 Å². The van der Waals surface area contributed by atoms with Gasteiger partial charge >= 0.3 is 24.8 Å². The first kappa shape index (κ1) is 29.2. The average molecular weight is 577 g/mol. The zero-order chi connectivity index (χ0) is 25.7. The lowest BCUT2D eigenvalue weighted by Gasteiger charge is -2.38. The first-order valence-electron chi connectivity index (χ1n) is 10.6. The van der Waals surface area contributed by atoms with E-state index in [1.54, 1.807) is 6.92 Å². The van der Waals surface area contributed by atoms with Crippen molar-refractivity contribution in [3.63, 3.8) is 0 Å². The van der Waals surface area contributed by atoms with E-state index in [2.05, 4.69) is 43.7 Å². The SMILES string of the molecule is C[C@@H](S)OC1C[C@H](N2CC(C#CCN)C3C(=O)NC(N)NC32)OC1CO[PH](=O)O[PH](=O)O[PH](=O)O. The number of likely N-dealkylation sites (tertiary alicyclic amines) is 1. The lowest BCUT2D eigenvalue weighted by Crippen LogP contribution is -2.67. The number of thiol groups is 1. The van der Waals surface area contributed by atoms with E-state index < -0.39 is 67.0 Å². The Hall–Kier alpha value is -0.330. The van der Waals surface area contributed by atoms with E-state index in [1.807, 2.05) is 4.90 Å². The zero-order valence-corrected chi connectivity index (χ0v) is 22.5. The fraction of sp³-hybridized carbons (Fsp3) is 0.812. The fourth-order valence-electron chi connectivity index (χ4n) is 4.29. The van der Waals surface area contributed by atoms with Gasteiger partial charge in [-0.1, -0.05) is 11.8 Å². The molecule has 200 valence electrons. The molecule has 0 aromatic heterocycles. The van der Waals surface area contributed by atoms with E-state index in [0.29, 0.717) is 13.0 Å². The molecule has 3 saturated heterocycles. The zero-order valence-electron chi connectivity index (χ0n) is 18.6. The maximum Gasteiger partial charge on any atom is 0.333 e. The van der Waals surface area contributed by atoms with Crippen LogP contribution < -0.4 is 22.1 Å². The fourth-order valence-corrected chi connectivity index (χ4v) is 6.64. The van der Waals surface area contributed by atoms with Gasteiger partial charge in [0.15, 0.2) is 0 Å². The van der Waals surface area contributed by atoms with Crippen LogP contribution in [0.25, 0.3) is 0 Å². The van der Waals surface area contributed by atoms with Crippen LogP contribution in [0.15, 0.2) is 0 Å². The van der Waals surface area contributed by atoms with Gasteiger partial charge < -0.3 is 29.9 Å². The summed E-state index contributed by atoms with van der Waals surface area (Å²) in [6.07, 6.45) is -2.61. The minimum Gasteiger partial charge on any atom is -0.362 e. The number of nitrogens with zero attached hydrogens (tertiary/aromatic N) is 1. The summed E-state index contributed by atoms with van der Waals surface area (Å²) in [4.78, 5) is 23.2. The number of hydrogen-bond acceptors (Lipinski definition) is 14. The molecule has 0 aliphatic carbocycles. The summed E-state index contributed by atoms with van der Waals surface area (Å²) in [5.41, 5.74) is 11.0. The van der Waals surface area contributed by atoms with Crippen molar-refractivity contribution in [2.45, 2.75) is 49.7 Å². The van der Waals surface area contributed by atoms with E-state index in [-0.39, 0.29) is 25.0 Å². The molecule has 3 rings (SSSR count). The van der Waals surface area contributed by atoms with Crippen LogP contribution in [0.4, 0.5) is 0 Å². The van der Waals surface area contributed by atoms with Crippen molar-refractivity contribution < 1.29 is 46.0 Å². The van der Waals surface area contributed by atoms with Crippen LogP contribution in [0, 0.1) is 23.7 Å². The predicted octanol–water partition coefficient (Wildman–Crippen LogP) is -1.23. The second-order valence-electron chi connectivity index (χ2n) is 7.87. The van der Waals surface area contributed by atoms with Crippen molar-refractivity contribution in [1.29, 1.82) is 0 Å². The van der Waals surface area contributed by atoms with Crippen molar-refractivity contribution >= 4 is 43.3 Å². The second kappa shape index (κ2) is 13.5. The van der Waals surface area contributed by atoms with Gasteiger partial charge in [-0.25, -0.2) is 8.62 Å². The van der Waals surface area contributed by atoms with Crippen molar-refractivity contribution in [3.05, 3.63) is 0 Å². The van der Waals surface area contributed by atoms with Gasteiger partial charge in [-0.15, -0.1) is 12.6 Å². The van der Waals surface area contributed by atoms with Crippen LogP contribution in [-0.2, 0) is 41.1 Å². The molecule has 3 fully saturated rings. The number of ether oxygens (including phenoxy) is 2. The third kappa shape index (κ3) is 8.07. The lowest BCUT2D eigenvalue weighted by atomic mass is 9.92. The molecule has 11 atom stereocenters. The number of hydrogen-bond donors (Lipinski definition) is 6. The van der Waals surface area contributed by atoms with E-state index in [1.165, 1.54) is 0 Å². The number of amides is 1. The number of nitrogens with one attached hydrogen (secondary N) is 2. The van der Waals surface area contributed by atoms with E-state index in [0.717, 1.165) is 0 Å². The molecule has 0 bridgehead atoms. The van der Waals surface area contributed by atoms with Gasteiger partial charge in [0, 0.05) is 18.9 Å². The highest BCUT2D eigenvalue weighted by Crippen LogP contribution is 2.45. The Kier molecular flexibility index (Phi) is 11.2. The van der Waals surface area contributed by atoms with Crippen LogP contribution in [0.5, 0.6) is 0 Å². The standard InChI is InChI=1S/C16H30N5O10P3S/c1-8(35)28-10-5-12(29-11(10)7-27-33(25)31-34(26)30-32(23)24)21-6-9(3-2-4-17)13-14(21)19-16(18)20-15(13)22/h8-14,16,19,32-35H,4-7,17-18H2,1H3,(H,20,22)(H,23,24)/t8-,9?,10?,11?,12-,13?,14?,16?/m1/s1. The number of carbonyl (C=O) groups excluding carboxylic acids is 1. The summed E-state index contributed by atoms with van der Waals surface area (Å²) in [6.45, 7) is 2.02. The molecular weight excluding hydrogens is 547 g/mol. The Labute approximate surface area is 209 Å². The first-order valence-corrected chi connectivity index (χ1v) is 14.9. The van der Waals surface area contributed by atoms with Gasteiger partial charge in [0.25, 0.3) is 0 Å². The first-order chi connectivity index (χ1) is 16.6. The molecule has 3 aliphatic rings. The maximum atomic E-state index is 12.7. The minimum atomic E-state index is -3.51. The van der Waals surface area contributed by atoms with Gasteiger partial charge in [0.05, 0.1) is 36.8 Å². The van der Waals surface area contributed by atoms with Gasteiger partial charge in [-0.3, -0.25) is 34.4 Å². The second-order valence-corrected chi connectivity index (χ2v) is 12.1. The molecule has 7 N–H and O–H groups in total. The van der Waals surface area contributed by atoms with Gasteiger partial charge in [-0.05, 0) is 6.92 Å². The Morgan fingerprint density at radius 1 is 1.34 bits per heavy atom. The van der Waals surface area contributed by atoms with Crippen LogP contribution in [0.2, 0.25) is 0 Å². The van der Waals surface area contributed by atoms with Crippen molar-refractivity contribution in [3.8, 4) is 11.8 Å². The maximum absolute atomic E-state index is 12.7. The third-order valence-corrected chi connectivity index (χ3v) is 8.73. The smallest absolute Gasteiger partial charge is 0.333 e. The molecule has 1 amide bonds. The van der Waals surface area contributed by atoms with Crippen LogP contribution in [0.1, 0.15) is 13.3 Å². The molecule has 35 heavy (non-hydrogen) atoms. The average Bonchev–Trinajstić information content (AvgIpc) is 3.30. The Bertz CT molecular complexity index is 907. The summed E-state index contributed by atoms with van der Waals surface area (Å²) in [5, 5.41) is 5.82. The molecule has 3 aliphatic heterocycles. The topological polar surface area (TPSA) is 214 Å². The molecule has 19 heteroatoms. The quantitative estimate of drug-likeness (QED) is 0.0777. The number of fused-ring (bicyclic) bond motifs is 1. The molecular formula is C16H30N5O10P3S. The predicted molar refractivity (Wildman–Crippen MR) is 128 cm³/mol. The van der Waals surface area contributed by atoms with Crippen LogP contribution >= 0.6 is 37.4 Å². The molecule has 9 unspecified atom stereocenters. The molecule has 0 spiro atoms. The summed E-state index contributed by atoms with van der Waals surface area (Å²) >= 11 is 4.26. The number of carbonyl (C=O) groups is 1. The summed E-state index contributed by atoms with van der Waals surface area (Å²) < 4.78 is 59.6. The monoisotopic (exact) mass is 577 g/mol. The highest BCUT2D eigenvalue weighted by Gasteiger charge is 2.53. The van der Waals surface area contributed by atoms with Gasteiger partial charge in [0.1, 0.15) is 18.6 Å². The number of nitrogens with two attached hydrogens (primary N) is 2. The van der Waals surface area contributed by atoms with Crippen molar-refractivity contribution in [2.24, 2.45) is 23.3 Å². The number of rotatable bonds is 10. The Morgan fingerprint density at radius 3 is 2.74 bits per heavy atom. The third-order valence-electron chi connectivity index (χ3n) is 5.50. The normalized spacial score (nSPS) is 36.5. The molecule has 0 saturated carbocycles. The van der Waals surface area contributed by atoms with Gasteiger partial charge in [-0.2, -0.15) is 0 Å². The summed E-state index contributed by atoms with van der Waals surface area (Å²) in [6, 6.07) is 0. The van der Waals surface area contributed by atoms with E-state index >= 15 is 0 Å². The molecule has 0 radical (unpaired) electrons. The van der Waals surface area contributed by atoms with Crippen molar-refractivity contribution in [2.75, 3.05) is 19.7 Å².